The van der Waals surface area contributed by atoms with E-state index in [0.717, 1.165) is 45.0 Å². The SMILES string of the molecule is Nc1ccc(Cl)nc1N1CCC2(CCOCC2)C1. The first-order chi connectivity index (χ1) is 8.69. The van der Waals surface area contributed by atoms with Crippen LogP contribution >= 0.6 is 11.6 Å². The monoisotopic (exact) mass is 267 g/mol. The summed E-state index contributed by atoms with van der Waals surface area (Å²) in [6.07, 6.45) is 3.48. The van der Waals surface area contributed by atoms with Crippen LogP contribution in [-0.2, 0) is 4.74 Å². The lowest BCUT2D eigenvalue weighted by Crippen LogP contribution is -2.33. The van der Waals surface area contributed by atoms with Gasteiger partial charge in [-0.25, -0.2) is 4.98 Å². The zero-order valence-corrected chi connectivity index (χ0v) is 11.1. The zero-order valence-electron chi connectivity index (χ0n) is 10.4. The smallest absolute Gasteiger partial charge is 0.153 e. The molecule has 2 aliphatic rings. The van der Waals surface area contributed by atoms with Gasteiger partial charge in [0.05, 0.1) is 5.69 Å². The van der Waals surface area contributed by atoms with E-state index in [4.69, 9.17) is 22.1 Å². The number of aromatic nitrogens is 1. The summed E-state index contributed by atoms with van der Waals surface area (Å²) in [5.74, 6) is 0.839. The van der Waals surface area contributed by atoms with E-state index in [9.17, 15) is 0 Å². The molecule has 0 atom stereocenters. The summed E-state index contributed by atoms with van der Waals surface area (Å²) >= 11 is 5.96. The number of halogens is 1. The Hall–Kier alpha value is -1.00. The maximum Gasteiger partial charge on any atom is 0.153 e. The van der Waals surface area contributed by atoms with Crippen molar-refractivity contribution in [3.63, 3.8) is 0 Å². The molecule has 0 amide bonds. The Balaban J connectivity index is 1.80. The van der Waals surface area contributed by atoms with Crippen molar-refractivity contribution in [1.82, 2.24) is 4.98 Å². The summed E-state index contributed by atoms with van der Waals surface area (Å²) in [5, 5.41) is 0.507. The minimum Gasteiger partial charge on any atom is -0.396 e. The van der Waals surface area contributed by atoms with Gasteiger partial charge in [-0.1, -0.05) is 11.6 Å². The molecule has 5 heteroatoms. The largest absolute Gasteiger partial charge is 0.396 e. The molecule has 3 rings (SSSR count). The molecule has 0 radical (unpaired) electrons. The molecular weight excluding hydrogens is 250 g/mol. The maximum absolute atomic E-state index is 6.00. The molecule has 2 aliphatic heterocycles. The fourth-order valence-electron chi connectivity index (χ4n) is 3.02. The second kappa shape index (κ2) is 4.59. The molecule has 1 spiro atoms. The highest BCUT2D eigenvalue weighted by Crippen LogP contribution is 2.42. The molecule has 0 saturated carbocycles. The van der Waals surface area contributed by atoms with Gasteiger partial charge in [0.1, 0.15) is 5.15 Å². The van der Waals surface area contributed by atoms with Crippen LogP contribution in [0.4, 0.5) is 11.5 Å². The molecule has 4 nitrogen and oxygen atoms in total. The minimum atomic E-state index is 0.398. The third-order valence-corrected chi connectivity index (χ3v) is 4.37. The molecule has 0 unspecified atom stereocenters. The van der Waals surface area contributed by atoms with Gasteiger partial charge in [-0.2, -0.15) is 0 Å². The van der Waals surface area contributed by atoms with E-state index in [1.165, 1.54) is 6.42 Å². The third-order valence-electron chi connectivity index (χ3n) is 4.16. The summed E-state index contributed by atoms with van der Waals surface area (Å²) in [4.78, 5) is 6.64. The van der Waals surface area contributed by atoms with Crippen LogP contribution in [0.2, 0.25) is 5.15 Å². The second-order valence-corrected chi connectivity index (χ2v) is 5.72. The summed E-state index contributed by atoms with van der Waals surface area (Å²) in [5.41, 5.74) is 7.11. The predicted octanol–water partition coefficient (Wildman–Crippen LogP) is 2.32. The molecule has 0 aromatic carbocycles. The molecular formula is C13H18ClN3O. The highest BCUT2D eigenvalue weighted by atomic mass is 35.5. The van der Waals surface area contributed by atoms with Crippen LogP contribution in [0.25, 0.3) is 0 Å². The summed E-state index contributed by atoms with van der Waals surface area (Å²) < 4.78 is 5.46. The first-order valence-corrected chi connectivity index (χ1v) is 6.81. The van der Waals surface area contributed by atoms with Crippen molar-refractivity contribution in [2.75, 3.05) is 36.9 Å². The third kappa shape index (κ3) is 2.15. The molecule has 2 saturated heterocycles. The molecule has 18 heavy (non-hydrogen) atoms. The minimum absolute atomic E-state index is 0.398. The molecule has 1 aromatic heterocycles. The number of ether oxygens (including phenoxy) is 1. The Morgan fingerprint density at radius 3 is 2.83 bits per heavy atom. The fourth-order valence-corrected chi connectivity index (χ4v) is 3.16. The number of anilines is 2. The molecule has 2 fully saturated rings. The standard InChI is InChI=1S/C13H18ClN3O/c14-11-2-1-10(15)12(16-11)17-6-3-13(9-17)4-7-18-8-5-13/h1-2H,3-9,15H2. The van der Waals surface area contributed by atoms with Crippen molar-refractivity contribution in [1.29, 1.82) is 0 Å². The van der Waals surface area contributed by atoms with Crippen molar-refractivity contribution >= 4 is 23.1 Å². The van der Waals surface area contributed by atoms with E-state index in [-0.39, 0.29) is 0 Å². The van der Waals surface area contributed by atoms with E-state index in [1.807, 2.05) is 6.07 Å². The summed E-state index contributed by atoms with van der Waals surface area (Å²) in [6.45, 7) is 3.80. The number of nitrogen functional groups attached to an aromatic ring is 1. The average Bonchev–Trinajstić information content (AvgIpc) is 2.77. The van der Waals surface area contributed by atoms with Gasteiger partial charge in [0.15, 0.2) is 5.82 Å². The second-order valence-electron chi connectivity index (χ2n) is 5.33. The van der Waals surface area contributed by atoms with Gasteiger partial charge in [0.2, 0.25) is 0 Å². The molecule has 98 valence electrons. The normalized spacial score (nSPS) is 22.6. The van der Waals surface area contributed by atoms with Crippen molar-refractivity contribution in [3.8, 4) is 0 Å². The van der Waals surface area contributed by atoms with E-state index in [1.54, 1.807) is 6.07 Å². The molecule has 3 heterocycles. The lowest BCUT2D eigenvalue weighted by molar-refractivity contribution is 0.0254. The number of nitrogens with two attached hydrogens (primary N) is 1. The number of nitrogens with zero attached hydrogens (tertiary/aromatic N) is 2. The van der Waals surface area contributed by atoms with E-state index < -0.39 is 0 Å². The Morgan fingerprint density at radius 2 is 2.06 bits per heavy atom. The first-order valence-electron chi connectivity index (χ1n) is 6.43. The van der Waals surface area contributed by atoms with Gasteiger partial charge < -0.3 is 15.4 Å². The van der Waals surface area contributed by atoms with E-state index >= 15 is 0 Å². The number of rotatable bonds is 1. The van der Waals surface area contributed by atoms with Crippen molar-refractivity contribution < 1.29 is 4.74 Å². The number of hydrogen-bond acceptors (Lipinski definition) is 4. The van der Waals surface area contributed by atoms with Crippen molar-refractivity contribution in [2.45, 2.75) is 19.3 Å². The van der Waals surface area contributed by atoms with Crippen LogP contribution in [0.15, 0.2) is 12.1 Å². The Labute approximate surface area is 112 Å². The van der Waals surface area contributed by atoms with Gasteiger partial charge in [-0.05, 0) is 36.8 Å². The van der Waals surface area contributed by atoms with Gasteiger partial charge in [-0.15, -0.1) is 0 Å². The topological polar surface area (TPSA) is 51.4 Å². The van der Waals surface area contributed by atoms with E-state index in [0.29, 0.717) is 16.3 Å². The van der Waals surface area contributed by atoms with Crippen LogP contribution in [0, 0.1) is 5.41 Å². The summed E-state index contributed by atoms with van der Waals surface area (Å²) in [6, 6.07) is 3.57. The Bertz CT molecular complexity index is 446. The van der Waals surface area contributed by atoms with Crippen LogP contribution in [0.3, 0.4) is 0 Å². The highest BCUT2D eigenvalue weighted by Gasteiger charge is 2.40. The predicted molar refractivity (Wildman–Crippen MR) is 73.0 cm³/mol. The van der Waals surface area contributed by atoms with Gasteiger partial charge >= 0.3 is 0 Å². The van der Waals surface area contributed by atoms with Gasteiger partial charge in [0, 0.05) is 26.3 Å². The van der Waals surface area contributed by atoms with Gasteiger partial charge in [-0.3, -0.25) is 0 Å². The Kier molecular flexibility index (Phi) is 3.08. The average molecular weight is 268 g/mol. The molecule has 0 aliphatic carbocycles. The summed E-state index contributed by atoms with van der Waals surface area (Å²) in [7, 11) is 0. The van der Waals surface area contributed by atoms with E-state index in [2.05, 4.69) is 9.88 Å². The molecule has 1 aromatic rings. The molecule has 0 bridgehead atoms. The Morgan fingerprint density at radius 1 is 1.28 bits per heavy atom. The quantitative estimate of drug-likeness (QED) is 0.794. The fraction of sp³-hybridized carbons (Fsp3) is 0.615. The molecule has 2 N–H and O–H groups in total. The van der Waals surface area contributed by atoms with Crippen molar-refractivity contribution in [3.05, 3.63) is 17.3 Å². The van der Waals surface area contributed by atoms with Crippen molar-refractivity contribution in [2.24, 2.45) is 5.41 Å². The maximum atomic E-state index is 6.00. The van der Waals surface area contributed by atoms with Gasteiger partial charge in [0.25, 0.3) is 0 Å². The van der Waals surface area contributed by atoms with Crippen LogP contribution in [-0.4, -0.2) is 31.3 Å². The number of pyridine rings is 1. The lowest BCUT2D eigenvalue weighted by atomic mass is 9.80. The first kappa shape index (κ1) is 12.1. The van der Waals surface area contributed by atoms with Crippen LogP contribution in [0.1, 0.15) is 19.3 Å². The lowest BCUT2D eigenvalue weighted by Gasteiger charge is -2.33. The number of hydrogen-bond donors (Lipinski definition) is 1. The zero-order chi connectivity index (χ0) is 12.6. The van der Waals surface area contributed by atoms with Crippen LogP contribution in [0.5, 0.6) is 0 Å². The van der Waals surface area contributed by atoms with Crippen LogP contribution < -0.4 is 10.6 Å². The highest BCUT2D eigenvalue weighted by molar-refractivity contribution is 6.29.